The van der Waals surface area contributed by atoms with Crippen LogP contribution in [-0.4, -0.2) is 30.6 Å². The molecule has 0 amide bonds. The summed E-state index contributed by atoms with van der Waals surface area (Å²) in [4.78, 5) is 2.62. The number of likely N-dealkylation sites (tertiary alicyclic amines) is 1. The van der Waals surface area contributed by atoms with Crippen LogP contribution < -0.4 is 5.73 Å². The van der Waals surface area contributed by atoms with Crippen molar-refractivity contribution >= 4 is 0 Å². The highest BCUT2D eigenvalue weighted by Crippen LogP contribution is 2.18. The van der Waals surface area contributed by atoms with Crippen LogP contribution in [0.25, 0.3) is 0 Å². The molecule has 0 aromatic heterocycles. The first kappa shape index (κ1) is 10.0. The van der Waals surface area contributed by atoms with Gasteiger partial charge >= 0.3 is 0 Å². The van der Waals surface area contributed by atoms with Gasteiger partial charge in [0.2, 0.25) is 0 Å². The Morgan fingerprint density at radius 3 is 2.92 bits per heavy atom. The van der Waals surface area contributed by atoms with Gasteiger partial charge in [-0.2, -0.15) is 0 Å². The molecule has 0 aromatic rings. The molecule has 2 N–H and O–H groups in total. The molecule has 0 spiro atoms. The lowest BCUT2D eigenvalue weighted by Gasteiger charge is -2.35. The molecular formula is C10H22N2. The van der Waals surface area contributed by atoms with Crippen LogP contribution in [0.1, 0.15) is 39.0 Å². The Hall–Kier alpha value is -0.0800. The van der Waals surface area contributed by atoms with E-state index in [9.17, 15) is 0 Å². The number of nitrogens with zero attached hydrogens (tertiary/aromatic N) is 1. The first-order valence-corrected chi connectivity index (χ1v) is 5.32. The molecule has 0 aliphatic carbocycles. The smallest absolute Gasteiger partial charge is 0.00926 e. The van der Waals surface area contributed by atoms with Crippen molar-refractivity contribution in [1.82, 2.24) is 4.90 Å². The first-order valence-electron chi connectivity index (χ1n) is 5.32. The van der Waals surface area contributed by atoms with Crippen LogP contribution in [0.3, 0.4) is 0 Å². The minimum atomic E-state index is 0.840. The summed E-state index contributed by atoms with van der Waals surface area (Å²) in [5.74, 6) is 0. The quantitative estimate of drug-likeness (QED) is 0.694. The molecule has 0 saturated carbocycles. The Morgan fingerprint density at radius 1 is 1.42 bits per heavy atom. The summed E-state index contributed by atoms with van der Waals surface area (Å²) in [5.41, 5.74) is 5.51. The molecule has 0 bridgehead atoms. The Balaban J connectivity index is 2.26. The van der Waals surface area contributed by atoms with E-state index in [-0.39, 0.29) is 0 Å². The fraction of sp³-hybridized carbons (Fsp3) is 1.00. The van der Waals surface area contributed by atoms with Gasteiger partial charge in [0.15, 0.2) is 0 Å². The molecule has 72 valence electrons. The lowest BCUT2D eigenvalue weighted by molar-refractivity contribution is 0.143. The van der Waals surface area contributed by atoms with E-state index in [0.29, 0.717) is 0 Å². The van der Waals surface area contributed by atoms with E-state index < -0.39 is 0 Å². The fourth-order valence-electron chi connectivity index (χ4n) is 2.11. The highest BCUT2D eigenvalue weighted by Gasteiger charge is 2.19. The third kappa shape index (κ3) is 2.76. The standard InChI is InChI=1S/C10H22N2/c1-2-10-6-3-4-8-12(10)9-5-7-11/h10H,2-9,11H2,1H3. The largest absolute Gasteiger partial charge is 0.330 e. The van der Waals surface area contributed by atoms with Gasteiger partial charge in [0.25, 0.3) is 0 Å². The van der Waals surface area contributed by atoms with Crippen LogP contribution in [0.2, 0.25) is 0 Å². The molecule has 1 unspecified atom stereocenters. The normalized spacial score (nSPS) is 26.0. The monoisotopic (exact) mass is 170 g/mol. The van der Waals surface area contributed by atoms with Crippen molar-refractivity contribution in [3.8, 4) is 0 Å². The zero-order valence-electron chi connectivity index (χ0n) is 8.26. The van der Waals surface area contributed by atoms with E-state index in [1.165, 1.54) is 38.8 Å². The van der Waals surface area contributed by atoms with Gasteiger partial charge in [-0.3, -0.25) is 0 Å². The van der Waals surface area contributed by atoms with Gasteiger partial charge < -0.3 is 10.6 Å². The van der Waals surface area contributed by atoms with Gasteiger partial charge in [-0.25, -0.2) is 0 Å². The SMILES string of the molecule is CCC1CCCCN1CCCN. The Morgan fingerprint density at radius 2 is 2.25 bits per heavy atom. The molecule has 1 saturated heterocycles. The highest BCUT2D eigenvalue weighted by molar-refractivity contribution is 4.75. The van der Waals surface area contributed by atoms with E-state index >= 15 is 0 Å². The summed E-state index contributed by atoms with van der Waals surface area (Å²) in [6.45, 7) is 5.66. The molecule has 1 fully saturated rings. The second kappa shape index (κ2) is 5.55. The van der Waals surface area contributed by atoms with Crippen molar-refractivity contribution in [2.24, 2.45) is 5.73 Å². The van der Waals surface area contributed by atoms with Crippen molar-refractivity contribution in [3.05, 3.63) is 0 Å². The molecule has 0 aromatic carbocycles. The van der Waals surface area contributed by atoms with Crippen molar-refractivity contribution in [1.29, 1.82) is 0 Å². The fourth-order valence-corrected chi connectivity index (χ4v) is 2.11. The number of rotatable bonds is 4. The zero-order chi connectivity index (χ0) is 8.81. The summed E-state index contributed by atoms with van der Waals surface area (Å²) in [6, 6.07) is 0.852. The maximum Gasteiger partial charge on any atom is 0.00926 e. The van der Waals surface area contributed by atoms with Gasteiger partial charge in [0.05, 0.1) is 0 Å². The Bertz CT molecular complexity index is 114. The third-order valence-electron chi connectivity index (χ3n) is 2.87. The second-order valence-electron chi connectivity index (χ2n) is 3.74. The average Bonchev–Trinajstić information content (AvgIpc) is 2.15. The summed E-state index contributed by atoms with van der Waals surface area (Å²) >= 11 is 0. The topological polar surface area (TPSA) is 29.3 Å². The molecular weight excluding hydrogens is 148 g/mol. The zero-order valence-corrected chi connectivity index (χ0v) is 8.26. The van der Waals surface area contributed by atoms with E-state index in [4.69, 9.17) is 5.73 Å². The molecule has 2 nitrogen and oxygen atoms in total. The number of nitrogens with two attached hydrogens (primary N) is 1. The Labute approximate surface area is 76.1 Å². The predicted octanol–water partition coefficient (Wildman–Crippen LogP) is 1.60. The Kier molecular flexibility index (Phi) is 4.62. The maximum atomic E-state index is 5.51. The van der Waals surface area contributed by atoms with Gasteiger partial charge in [0, 0.05) is 6.04 Å². The lowest BCUT2D eigenvalue weighted by atomic mass is 10.00. The van der Waals surface area contributed by atoms with Crippen LogP contribution >= 0.6 is 0 Å². The van der Waals surface area contributed by atoms with Crippen LogP contribution in [0, 0.1) is 0 Å². The van der Waals surface area contributed by atoms with Crippen molar-refractivity contribution < 1.29 is 0 Å². The minimum absolute atomic E-state index is 0.840. The molecule has 12 heavy (non-hydrogen) atoms. The lowest BCUT2D eigenvalue weighted by Crippen LogP contribution is -2.40. The number of piperidine rings is 1. The van der Waals surface area contributed by atoms with Crippen molar-refractivity contribution in [2.75, 3.05) is 19.6 Å². The molecule has 2 heteroatoms. The molecule has 1 atom stereocenters. The van der Waals surface area contributed by atoms with Crippen molar-refractivity contribution in [2.45, 2.75) is 45.1 Å². The molecule has 0 radical (unpaired) electrons. The van der Waals surface area contributed by atoms with Gasteiger partial charge in [-0.15, -0.1) is 0 Å². The van der Waals surface area contributed by atoms with Crippen LogP contribution in [0.5, 0.6) is 0 Å². The molecule has 1 heterocycles. The molecule has 1 aliphatic rings. The van der Waals surface area contributed by atoms with Gasteiger partial charge in [-0.05, 0) is 45.3 Å². The first-order chi connectivity index (χ1) is 5.88. The molecule has 1 aliphatic heterocycles. The van der Waals surface area contributed by atoms with E-state index in [1.54, 1.807) is 0 Å². The van der Waals surface area contributed by atoms with E-state index in [2.05, 4.69) is 11.8 Å². The van der Waals surface area contributed by atoms with Gasteiger partial charge in [0.1, 0.15) is 0 Å². The minimum Gasteiger partial charge on any atom is -0.330 e. The number of hydrogen-bond donors (Lipinski definition) is 1. The third-order valence-corrected chi connectivity index (χ3v) is 2.87. The summed E-state index contributed by atoms with van der Waals surface area (Å²) in [6.07, 6.45) is 6.70. The van der Waals surface area contributed by atoms with Gasteiger partial charge in [-0.1, -0.05) is 13.3 Å². The van der Waals surface area contributed by atoms with Crippen molar-refractivity contribution in [3.63, 3.8) is 0 Å². The van der Waals surface area contributed by atoms with E-state index in [0.717, 1.165) is 19.0 Å². The summed E-state index contributed by atoms with van der Waals surface area (Å²) in [5, 5.41) is 0. The highest BCUT2D eigenvalue weighted by atomic mass is 15.2. The van der Waals surface area contributed by atoms with Crippen LogP contribution in [0.15, 0.2) is 0 Å². The maximum absolute atomic E-state index is 5.51. The second-order valence-corrected chi connectivity index (χ2v) is 3.74. The predicted molar refractivity (Wildman–Crippen MR) is 53.2 cm³/mol. The summed E-state index contributed by atoms with van der Waals surface area (Å²) in [7, 11) is 0. The van der Waals surface area contributed by atoms with E-state index in [1.807, 2.05) is 0 Å². The van der Waals surface area contributed by atoms with Crippen LogP contribution in [0.4, 0.5) is 0 Å². The average molecular weight is 170 g/mol. The summed E-state index contributed by atoms with van der Waals surface area (Å²) < 4.78 is 0. The molecule has 1 rings (SSSR count). The number of hydrogen-bond acceptors (Lipinski definition) is 2. The van der Waals surface area contributed by atoms with Crippen LogP contribution in [-0.2, 0) is 0 Å².